The van der Waals surface area contributed by atoms with E-state index in [1.165, 1.54) is 11.1 Å². The molecule has 0 atom stereocenters. The predicted octanol–water partition coefficient (Wildman–Crippen LogP) is 5.95. The fourth-order valence-corrected chi connectivity index (χ4v) is 3.86. The van der Waals surface area contributed by atoms with Crippen LogP contribution in [-0.4, -0.2) is 10.9 Å². The van der Waals surface area contributed by atoms with Crippen LogP contribution in [0, 0.1) is 10.5 Å². The molecule has 0 saturated carbocycles. The van der Waals surface area contributed by atoms with E-state index >= 15 is 0 Å². The van der Waals surface area contributed by atoms with Crippen LogP contribution in [0.3, 0.4) is 0 Å². The molecule has 3 rings (SSSR count). The van der Waals surface area contributed by atoms with Crippen molar-refractivity contribution in [1.82, 2.24) is 0 Å². The molecule has 0 heterocycles. The van der Waals surface area contributed by atoms with Crippen LogP contribution in [0.1, 0.15) is 55.5 Å². The van der Waals surface area contributed by atoms with Crippen molar-refractivity contribution in [3.8, 4) is 0 Å². The van der Waals surface area contributed by atoms with Crippen molar-refractivity contribution in [2.75, 3.05) is 0 Å². The minimum atomic E-state index is -0.0417. The Bertz CT molecular complexity index is 874. The molecule has 25 heavy (non-hydrogen) atoms. The predicted molar refractivity (Wildman–Crippen MR) is 113 cm³/mol. The number of nitrogens with zero attached hydrogens (tertiary/aromatic N) is 1. The number of rotatable bonds is 2. The Kier molecular flexibility index (Phi) is 4.56. The van der Waals surface area contributed by atoms with Crippen molar-refractivity contribution in [3.05, 3.63) is 79.9 Å². The summed E-state index contributed by atoms with van der Waals surface area (Å²) in [5.74, 6) is 0. The van der Waals surface area contributed by atoms with Gasteiger partial charge in [-0.2, -0.15) is 0 Å². The van der Waals surface area contributed by atoms with Gasteiger partial charge in [0.25, 0.3) is 0 Å². The van der Waals surface area contributed by atoms with E-state index in [1.807, 2.05) is 24.3 Å². The van der Waals surface area contributed by atoms with E-state index < -0.39 is 0 Å². The Morgan fingerprint density at radius 1 is 0.920 bits per heavy atom. The summed E-state index contributed by atoms with van der Waals surface area (Å²) in [6, 6.07) is 12.5. The molecule has 0 bridgehead atoms. The first-order chi connectivity index (χ1) is 11.7. The van der Waals surface area contributed by atoms with Crippen molar-refractivity contribution in [1.29, 1.82) is 0 Å². The molecular weight excluding hydrogens is 421 g/mol. The highest BCUT2D eigenvalue weighted by Gasteiger charge is 2.33. The first-order valence-corrected chi connectivity index (χ1v) is 9.58. The van der Waals surface area contributed by atoms with Gasteiger partial charge in [-0.05, 0) is 64.4 Å². The molecule has 1 N–H and O–H groups in total. The summed E-state index contributed by atoms with van der Waals surface area (Å²) in [5.41, 5.74) is 6.28. The number of fused-ring (bicyclic) bond motifs is 1. The molecule has 2 aromatic rings. The molecule has 2 aromatic carbocycles. The molecule has 0 radical (unpaired) electrons. The smallest absolute Gasteiger partial charge is 0.117 e. The fraction of sp³-hybridized carbons (Fsp3) is 0.318. The molecule has 130 valence electrons. The Morgan fingerprint density at radius 2 is 1.44 bits per heavy atom. The van der Waals surface area contributed by atoms with Gasteiger partial charge in [0.1, 0.15) is 5.71 Å². The molecule has 0 spiro atoms. The van der Waals surface area contributed by atoms with Crippen molar-refractivity contribution in [2.45, 2.75) is 45.4 Å². The highest BCUT2D eigenvalue weighted by Crippen LogP contribution is 2.42. The summed E-state index contributed by atoms with van der Waals surface area (Å²) >= 11 is 2.28. The maximum Gasteiger partial charge on any atom is 0.117 e. The van der Waals surface area contributed by atoms with Crippen LogP contribution in [0.4, 0.5) is 0 Å². The second kappa shape index (κ2) is 6.27. The summed E-state index contributed by atoms with van der Waals surface area (Å²) in [7, 11) is 0. The lowest BCUT2D eigenvalue weighted by Gasteiger charge is -2.37. The molecule has 3 heteroatoms. The van der Waals surface area contributed by atoms with Crippen molar-refractivity contribution in [3.63, 3.8) is 0 Å². The van der Waals surface area contributed by atoms with Gasteiger partial charge in [0.2, 0.25) is 0 Å². The first kappa shape index (κ1) is 18.2. The second-order valence-electron chi connectivity index (χ2n) is 7.94. The highest BCUT2D eigenvalue weighted by atomic mass is 127. The summed E-state index contributed by atoms with van der Waals surface area (Å²) < 4.78 is 1.16. The monoisotopic (exact) mass is 445 g/mol. The zero-order valence-corrected chi connectivity index (χ0v) is 17.5. The van der Waals surface area contributed by atoms with Gasteiger partial charge in [-0.3, -0.25) is 0 Å². The quantitative estimate of drug-likeness (QED) is 0.200. The van der Waals surface area contributed by atoms with E-state index in [2.05, 4.69) is 86.7 Å². The maximum absolute atomic E-state index is 9.74. The second-order valence-corrected chi connectivity index (χ2v) is 9.19. The van der Waals surface area contributed by atoms with Crippen molar-refractivity contribution in [2.24, 2.45) is 5.16 Å². The first-order valence-electron chi connectivity index (χ1n) is 8.50. The number of aryl methyl sites for hydroxylation is 1. The van der Waals surface area contributed by atoms with E-state index in [-0.39, 0.29) is 10.8 Å². The number of hydrogen-bond donors (Lipinski definition) is 1. The summed E-state index contributed by atoms with van der Waals surface area (Å²) in [6.07, 6.45) is 4.59. The molecule has 1 aliphatic rings. The Hall–Kier alpha value is -1.62. The summed E-state index contributed by atoms with van der Waals surface area (Å²) in [6.45, 7) is 11.1. The van der Waals surface area contributed by atoms with Crippen LogP contribution in [-0.2, 0) is 10.8 Å². The molecule has 0 fully saturated rings. The lowest BCUT2D eigenvalue weighted by molar-refractivity contribution is 0.319. The van der Waals surface area contributed by atoms with Gasteiger partial charge in [-0.1, -0.05) is 63.2 Å². The van der Waals surface area contributed by atoms with E-state index in [9.17, 15) is 5.21 Å². The molecule has 0 aromatic heterocycles. The van der Waals surface area contributed by atoms with E-state index in [4.69, 9.17) is 0 Å². The molecule has 0 unspecified atom stereocenters. The van der Waals surface area contributed by atoms with Crippen LogP contribution >= 0.6 is 22.6 Å². The molecule has 2 nitrogen and oxygen atoms in total. The van der Waals surface area contributed by atoms with Gasteiger partial charge < -0.3 is 5.21 Å². The third-order valence-electron chi connectivity index (χ3n) is 5.14. The minimum absolute atomic E-state index is 0.00746. The lowest BCUT2D eigenvalue weighted by Crippen LogP contribution is -2.29. The van der Waals surface area contributed by atoms with Gasteiger partial charge in [-0.15, -0.1) is 0 Å². The third-order valence-corrected chi connectivity index (χ3v) is 5.86. The van der Waals surface area contributed by atoms with Crippen molar-refractivity contribution < 1.29 is 5.21 Å². The van der Waals surface area contributed by atoms with Gasteiger partial charge in [-0.25, -0.2) is 0 Å². The SMILES string of the molecule is Cc1cc2c(cc1/C(=N/O)c1ccc(I)cc1)C(C)(C)C=CC2(C)C. The largest absolute Gasteiger partial charge is 0.410 e. The number of oxime groups is 1. The average molecular weight is 445 g/mol. The number of benzene rings is 2. The number of allylic oxidation sites excluding steroid dienone is 2. The molecule has 0 amide bonds. The Morgan fingerprint density at radius 3 is 1.96 bits per heavy atom. The number of hydrogen-bond acceptors (Lipinski definition) is 2. The molecule has 1 aliphatic carbocycles. The van der Waals surface area contributed by atoms with E-state index in [0.29, 0.717) is 5.71 Å². The van der Waals surface area contributed by atoms with Crippen LogP contribution in [0.5, 0.6) is 0 Å². The zero-order chi connectivity index (χ0) is 18.4. The van der Waals surface area contributed by atoms with Crippen LogP contribution < -0.4 is 0 Å². The van der Waals surface area contributed by atoms with E-state index in [0.717, 1.165) is 20.3 Å². The molecule has 0 aliphatic heterocycles. The van der Waals surface area contributed by atoms with Gasteiger partial charge in [0.15, 0.2) is 0 Å². The van der Waals surface area contributed by atoms with Gasteiger partial charge in [0, 0.05) is 25.5 Å². The maximum atomic E-state index is 9.74. The standard InChI is InChI=1S/C22H24INO/c1-14-12-18-19(22(4,5)11-10-21(18,2)3)13-17(14)20(24-25)15-6-8-16(23)9-7-15/h6-13,25H,1-5H3/b24-20+. The molecular formula is C22H24INO. The normalized spacial score (nSPS) is 18.1. The summed E-state index contributed by atoms with van der Waals surface area (Å²) in [5, 5.41) is 13.4. The third kappa shape index (κ3) is 3.26. The highest BCUT2D eigenvalue weighted by molar-refractivity contribution is 14.1. The number of halogens is 1. The van der Waals surface area contributed by atoms with Crippen LogP contribution in [0.25, 0.3) is 0 Å². The van der Waals surface area contributed by atoms with Crippen molar-refractivity contribution >= 4 is 28.3 Å². The topological polar surface area (TPSA) is 32.6 Å². The van der Waals surface area contributed by atoms with Crippen LogP contribution in [0.15, 0.2) is 53.7 Å². The Balaban J connectivity index is 2.21. The van der Waals surface area contributed by atoms with Gasteiger partial charge >= 0.3 is 0 Å². The van der Waals surface area contributed by atoms with E-state index in [1.54, 1.807) is 0 Å². The zero-order valence-electron chi connectivity index (χ0n) is 15.4. The lowest BCUT2D eigenvalue weighted by atomic mass is 9.67. The molecule has 0 saturated heterocycles. The Labute approximate surface area is 163 Å². The fourth-order valence-electron chi connectivity index (χ4n) is 3.50. The minimum Gasteiger partial charge on any atom is -0.410 e. The van der Waals surface area contributed by atoms with Gasteiger partial charge in [0.05, 0.1) is 0 Å². The summed E-state index contributed by atoms with van der Waals surface area (Å²) in [4.78, 5) is 0. The average Bonchev–Trinajstić information content (AvgIpc) is 2.55. The van der Waals surface area contributed by atoms with Crippen LogP contribution in [0.2, 0.25) is 0 Å².